The minimum atomic E-state index is -1.07. The van der Waals surface area contributed by atoms with Crippen LogP contribution < -0.4 is 0 Å². The molecule has 0 bridgehead atoms. The molecule has 0 amide bonds. The van der Waals surface area contributed by atoms with E-state index in [1.54, 1.807) is 12.1 Å². The van der Waals surface area contributed by atoms with E-state index in [9.17, 15) is 15.0 Å². The number of phenols is 2. The van der Waals surface area contributed by atoms with Crippen LogP contribution in [0.5, 0.6) is 11.5 Å². The Morgan fingerprint density at radius 3 is 2.33 bits per heavy atom. The monoisotopic (exact) mass is 245 g/mol. The van der Waals surface area contributed by atoms with Crippen LogP contribution in [0.25, 0.3) is 0 Å². The lowest BCUT2D eigenvalue weighted by molar-refractivity contribution is 0.0690. The number of hydrogen-bond donors (Lipinski definition) is 3. The molecule has 0 saturated heterocycles. The Balaban J connectivity index is 2.18. The summed E-state index contributed by atoms with van der Waals surface area (Å²) >= 11 is 0. The molecular formula is C13H11NO4. The number of aromatic nitrogens is 1. The van der Waals surface area contributed by atoms with Crippen molar-refractivity contribution in [1.82, 2.24) is 4.98 Å². The van der Waals surface area contributed by atoms with E-state index in [4.69, 9.17) is 5.11 Å². The topological polar surface area (TPSA) is 90.7 Å². The van der Waals surface area contributed by atoms with Crippen molar-refractivity contribution < 1.29 is 20.1 Å². The summed E-state index contributed by atoms with van der Waals surface area (Å²) in [6.07, 6.45) is 1.98. The molecule has 0 radical (unpaired) electrons. The van der Waals surface area contributed by atoms with Gasteiger partial charge in [-0.15, -0.1) is 0 Å². The highest BCUT2D eigenvalue weighted by Crippen LogP contribution is 2.25. The molecule has 0 aliphatic rings. The van der Waals surface area contributed by atoms with E-state index in [0.717, 1.165) is 11.1 Å². The first kappa shape index (κ1) is 11.9. The van der Waals surface area contributed by atoms with Gasteiger partial charge >= 0.3 is 5.97 Å². The summed E-state index contributed by atoms with van der Waals surface area (Å²) in [4.78, 5) is 14.4. The third-order valence-corrected chi connectivity index (χ3v) is 2.49. The van der Waals surface area contributed by atoms with Crippen molar-refractivity contribution in [3.05, 3.63) is 53.3 Å². The summed E-state index contributed by atoms with van der Waals surface area (Å²) in [5, 5.41) is 27.2. The van der Waals surface area contributed by atoms with E-state index in [2.05, 4.69) is 4.98 Å². The smallest absolute Gasteiger partial charge is 0.354 e. The van der Waals surface area contributed by atoms with Gasteiger partial charge in [0.2, 0.25) is 0 Å². The summed E-state index contributed by atoms with van der Waals surface area (Å²) in [5.74, 6) is -1.41. The van der Waals surface area contributed by atoms with Gasteiger partial charge in [-0.25, -0.2) is 9.78 Å². The number of pyridine rings is 1. The Bertz CT molecular complexity index is 578. The van der Waals surface area contributed by atoms with E-state index in [0.29, 0.717) is 6.42 Å². The highest BCUT2D eigenvalue weighted by Gasteiger charge is 2.05. The zero-order valence-corrected chi connectivity index (χ0v) is 9.37. The first-order chi connectivity index (χ1) is 8.56. The fourth-order valence-corrected chi connectivity index (χ4v) is 1.57. The summed E-state index contributed by atoms with van der Waals surface area (Å²) in [6.45, 7) is 0. The van der Waals surface area contributed by atoms with Crippen LogP contribution in [0.2, 0.25) is 0 Å². The van der Waals surface area contributed by atoms with Crippen LogP contribution in [-0.4, -0.2) is 26.3 Å². The molecule has 0 unspecified atom stereocenters. The van der Waals surface area contributed by atoms with Gasteiger partial charge in [0, 0.05) is 6.20 Å². The first-order valence-electron chi connectivity index (χ1n) is 5.25. The second kappa shape index (κ2) is 4.75. The van der Waals surface area contributed by atoms with Crippen molar-refractivity contribution in [2.45, 2.75) is 6.42 Å². The summed E-state index contributed by atoms with van der Waals surface area (Å²) in [7, 11) is 0. The normalized spacial score (nSPS) is 10.2. The molecule has 18 heavy (non-hydrogen) atoms. The number of aromatic carboxylic acids is 1. The second-order valence-corrected chi connectivity index (χ2v) is 3.86. The third kappa shape index (κ3) is 2.57. The molecule has 5 nitrogen and oxygen atoms in total. The molecule has 0 aliphatic carbocycles. The van der Waals surface area contributed by atoms with Crippen LogP contribution >= 0.6 is 0 Å². The van der Waals surface area contributed by atoms with E-state index in [-0.39, 0.29) is 17.2 Å². The average Bonchev–Trinajstić information content (AvgIpc) is 2.34. The van der Waals surface area contributed by atoms with E-state index >= 15 is 0 Å². The van der Waals surface area contributed by atoms with Crippen molar-refractivity contribution in [1.29, 1.82) is 0 Å². The number of carboxylic acids is 1. The highest BCUT2D eigenvalue weighted by molar-refractivity contribution is 5.85. The van der Waals surface area contributed by atoms with Gasteiger partial charge in [-0.05, 0) is 35.7 Å². The number of aromatic hydroxyl groups is 2. The Kier molecular flexibility index (Phi) is 3.14. The third-order valence-electron chi connectivity index (χ3n) is 2.49. The van der Waals surface area contributed by atoms with Gasteiger partial charge < -0.3 is 15.3 Å². The molecule has 1 aromatic heterocycles. The number of carboxylic acid groups (broad SMARTS) is 1. The van der Waals surface area contributed by atoms with Crippen molar-refractivity contribution in [3.8, 4) is 11.5 Å². The number of nitrogens with zero attached hydrogens (tertiary/aromatic N) is 1. The van der Waals surface area contributed by atoms with Gasteiger partial charge in [0.05, 0.1) is 0 Å². The number of hydrogen-bond acceptors (Lipinski definition) is 4. The summed E-state index contributed by atoms with van der Waals surface area (Å²) in [5.41, 5.74) is 1.62. The summed E-state index contributed by atoms with van der Waals surface area (Å²) < 4.78 is 0. The fourth-order valence-electron chi connectivity index (χ4n) is 1.57. The first-order valence-corrected chi connectivity index (χ1v) is 5.25. The molecule has 2 rings (SSSR count). The molecule has 0 fully saturated rings. The van der Waals surface area contributed by atoms with Gasteiger partial charge in [0.15, 0.2) is 11.5 Å². The molecule has 3 N–H and O–H groups in total. The SMILES string of the molecule is O=C(O)c1ccc(Cc2ccc(O)c(O)c2)cn1. The van der Waals surface area contributed by atoms with Gasteiger partial charge in [-0.1, -0.05) is 12.1 Å². The van der Waals surface area contributed by atoms with Gasteiger partial charge in [0.25, 0.3) is 0 Å². The second-order valence-electron chi connectivity index (χ2n) is 3.86. The molecular weight excluding hydrogens is 234 g/mol. The van der Waals surface area contributed by atoms with E-state index in [1.807, 2.05) is 0 Å². The largest absolute Gasteiger partial charge is 0.504 e. The van der Waals surface area contributed by atoms with Gasteiger partial charge in [-0.3, -0.25) is 0 Å². The zero-order chi connectivity index (χ0) is 13.1. The minimum Gasteiger partial charge on any atom is -0.504 e. The summed E-state index contributed by atoms with van der Waals surface area (Å²) in [6, 6.07) is 7.64. The minimum absolute atomic E-state index is 0.00713. The standard InChI is InChI=1S/C13H11NO4/c15-11-4-2-8(6-12(11)16)5-9-1-3-10(13(17)18)14-7-9/h1-4,6-7,15-16H,5H2,(H,17,18). The lowest BCUT2D eigenvalue weighted by Gasteiger charge is -2.04. The van der Waals surface area contributed by atoms with Crippen LogP contribution in [0.4, 0.5) is 0 Å². The maximum absolute atomic E-state index is 10.6. The molecule has 1 heterocycles. The average molecular weight is 245 g/mol. The predicted molar refractivity (Wildman–Crippen MR) is 63.8 cm³/mol. The molecule has 0 saturated carbocycles. The lowest BCUT2D eigenvalue weighted by atomic mass is 10.1. The number of carbonyl (C=O) groups is 1. The van der Waals surface area contributed by atoms with Crippen LogP contribution in [0.15, 0.2) is 36.5 Å². The molecule has 1 aromatic carbocycles. The van der Waals surface area contributed by atoms with Gasteiger partial charge in [-0.2, -0.15) is 0 Å². The van der Waals surface area contributed by atoms with Crippen molar-refractivity contribution in [3.63, 3.8) is 0 Å². The van der Waals surface area contributed by atoms with Crippen molar-refractivity contribution in [2.75, 3.05) is 0 Å². The van der Waals surface area contributed by atoms with Crippen molar-refractivity contribution >= 4 is 5.97 Å². The molecule has 92 valence electrons. The maximum Gasteiger partial charge on any atom is 0.354 e. The molecule has 0 atom stereocenters. The Morgan fingerprint density at radius 1 is 1.06 bits per heavy atom. The lowest BCUT2D eigenvalue weighted by Crippen LogP contribution is -2.00. The Labute approximate surface area is 103 Å². The fraction of sp³-hybridized carbons (Fsp3) is 0.0769. The van der Waals surface area contributed by atoms with E-state index in [1.165, 1.54) is 24.4 Å². The number of phenolic OH excluding ortho intramolecular Hbond substituents is 2. The van der Waals surface area contributed by atoms with Crippen LogP contribution in [-0.2, 0) is 6.42 Å². The van der Waals surface area contributed by atoms with Crippen LogP contribution in [0.1, 0.15) is 21.6 Å². The zero-order valence-electron chi connectivity index (χ0n) is 9.37. The molecule has 2 aromatic rings. The van der Waals surface area contributed by atoms with Crippen molar-refractivity contribution in [2.24, 2.45) is 0 Å². The predicted octanol–water partition coefficient (Wildman–Crippen LogP) is 1.78. The van der Waals surface area contributed by atoms with Crippen LogP contribution in [0.3, 0.4) is 0 Å². The van der Waals surface area contributed by atoms with Crippen LogP contribution in [0, 0.1) is 0 Å². The number of rotatable bonds is 3. The molecule has 5 heteroatoms. The molecule has 0 aliphatic heterocycles. The maximum atomic E-state index is 10.6. The number of benzene rings is 1. The van der Waals surface area contributed by atoms with Gasteiger partial charge in [0.1, 0.15) is 5.69 Å². The highest BCUT2D eigenvalue weighted by atomic mass is 16.4. The Hall–Kier alpha value is -2.56. The van der Waals surface area contributed by atoms with E-state index < -0.39 is 5.97 Å². The Morgan fingerprint density at radius 2 is 1.78 bits per heavy atom. The molecule has 0 spiro atoms. The quantitative estimate of drug-likeness (QED) is 0.717.